The van der Waals surface area contributed by atoms with Crippen LogP contribution in [0.4, 0.5) is 5.82 Å². The zero-order valence-corrected chi connectivity index (χ0v) is 22.6. The summed E-state index contributed by atoms with van der Waals surface area (Å²) in [7, 11) is -4.68. The van der Waals surface area contributed by atoms with E-state index in [9.17, 15) is 28.5 Å². The maximum atomic E-state index is 12.3. The Morgan fingerprint density at radius 1 is 1.22 bits per heavy atom. The van der Waals surface area contributed by atoms with Crippen molar-refractivity contribution in [3.8, 4) is 11.7 Å². The zero-order valence-electron chi connectivity index (χ0n) is 21.8. The van der Waals surface area contributed by atoms with E-state index >= 15 is 0 Å². The molecule has 0 bridgehead atoms. The lowest BCUT2D eigenvalue weighted by Gasteiger charge is -2.16. The van der Waals surface area contributed by atoms with Crippen molar-refractivity contribution in [3.05, 3.63) is 48.0 Å². The molecule has 0 spiro atoms. The van der Waals surface area contributed by atoms with E-state index in [4.69, 9.17) is 14.7 Å². The molecular formula is C23H27N9O8S. The number of nitrogen functional groups attached to an aromatic ring is 1. The molecule has 17 nitrogen and oxygen atoms in total. The quantitative estimate of drug-likeness (QED) is 0.161. The standard InChI is InChI=1S/C23H27N9O8S/c1-11(2)7-12-8-32(30-28-12)23-26-19(24)16-20(27-23)31(10-25-16)22-18(35)17(34)15(40-22)9-39-41(37,38)29-21(36)13-5-3-4-6-14(13)33/h3-6,8,10-11,15,17-18,22,33-35H,7,9H2,1-2H3,(H,29,36)(H2,24,26,27)/t15-,17-,18-,22-/m1/s1. The number of amides is 1. The number of aromatic hydroxyl groups is 1. The third-order valence-electron chi connectivity index (χ3n) is 6.16. The van der Waals surface area contributed by atoms with Crippen molar-refractivity contribution in [3.63, 3.8) is 0 Å². The van der Waals surface area contributed by atoms with Crippen LogP contribution in [0.15, 0.2) is 36.8 Å². The number of nitrogens with two attached hydrogens (primary N) is 1. The molecule has 1 aromatic carbocycles. The Morgan fingerprint density at radius 2 is 1.98 bits per heavy atom. The number of rotatable bonds is 9. The van der Waals surface area contributed by atoms with Gasteiger partial charge in [0.15, 0.2) is 17.7 Å². The predicted molar refractivity (Wildman–Crippen MR) is 140 cm³/mol. The van der Waals surface area contributed by atoms with Gasteiger partial charge in [0.05, 0.1) is 30.4 Å². The minimum Gasteiger partial charge on any atom is -0.507 e. The van der Waals surface area contributed by atoms with Gasteiger partial charge in [-0.1, -0.05) is 31.2 Å². The number of carbonyl (C=O) groups excluding carboxylic acids is 1. The first-order valence-electron chi connectivity index (χ1n) is 12.4. The minimum absolute atomic E-state index is 0.0175. The summed E-state index contributed by atoms with van der Waals surface area (Å²) < 4.78 is 39.5. The van der Waals surface area contributed by atoms with Gasteiger partial charge in [-0.25, -0.2) is 9.71 Å². The Labute approximate surface area is 232 Å². The summed E-state index contributed by atoms with van der Waals surface area (Å²) in [4.78, 5) is 25.1. The Balaban J connectivity index is 1.32. The number of fused-ring (bicyclic) bond motifs is 1. The van der Waals surface area contributed by atoms with Crippen molar-refractivity contribution in [2.24, 2.45) is 5.92 Å². The molecule has 6 N–H and O–H groups in total. The lowest BCUT2D eigenvalue weighted by Crippen LogP contribution is -2.37. The van der Waals surface area contributed by atoms with Gasteiger partial charge in [0, 0.05) is 0 Å². The van der Waals surface area contributed by atoms with E-state index in [1.54, 1.807) is 10.9 Å². The Morgan fingerprint density at radius 3 is 2.71 bits per heavy atom. The van der Waals surface area contributed by atoms with Gasteiger partial charge in [0.25, 0.3) is 11.9 Å². The van der Waals surface area contributed by atoms with Crippen molar-refractivity contribution < 1.29 is 37.5 Å². The maximum absolute atomic E-state index is 12.3. The van der Waals surface area contributed by atoms with Gasteiger partial charge in [-0.3, -0.25) is 13.5 Å². The molecule has 0 aliphatic carbocycles. The molecule has 5 rings (SSSR count). The number of benzene rings is 1. The van der Waals surface area contributed by atoms with Gasteiger partial charge in [-0.05, 0) is 24.5 Å². The first-order chi connectivity index (χ1) is 19.4. The van der Waals surface area contributed by atoms with Crippen LogP contribution in [0.5, 0.6) is 5.75 Å². The summed E-state index contributed by atoms with van der Waals surface area (Å²) in [6.45, 7) is 3.32. The number of phenolic OH excluding ortho intramolecular Hbond substituents is 1. The average Bonchev–Trinajstić information content (AvgIpc) is 3.61. The maximum Gasteiger partial charge on any atom is 0.362 e. The van der Waals surface area contributed by atoms with Crippen molar-refractivity contribution in [2.75, 3.05) is 12.3 Å². The van der Waals surface area contributed by atoms with Crippen LogP contribution in [-0.2, 0) is 25.6 Å². The third-order valence-corrected chi connectivity index (χ3v) is 7.05. The Hall–Kier alpha value is -4.23. The SMILES string of the molecule is CC(C)Cc1cn(-c2nc(N)c3ncn([C@@H]4O[C@H](COS(=O)(=O)NC(=O)c5ccccc5O)[C@@H](O)[C@H]4O)c3n2)nn1. The number of aliphatic hydroxyl groups is 2. The summed E-state index contributed by atoms with van der Waals surface area (Å²) in [6, 6.07) is 5.32. The number of phenols is 1. The van der Waals surface area contributed by atoms with Crippen LogP contribution in [0.2, 0.25) is 0 Å². The van der Waals surface area contributed by atoms with E-state index in [-0.39, 0.29) is 28.5 Å². The normalized spacial score (nSPS) is 21.1. The molecule has 1 saturated heterocycles. The van der Waals surface area contributed by atoms with Crippen LogP contribution in [-0.4, -0.2) is 89.1 Å². The molecule has 4 atom stereocenters. The molecule has 41 heavy (non-hydrogen) atoms. The van der Waals surface area contributed by atoms with E-state index in [2.05, 4.69) is 25.3 Å². The number of aromatic nitrogens is 7. The van der Waals surface area contributed by atoms with Gasteiger partial charge < -0.3 is 25.8 Å². The summed E-state index contributed by atoms with van der Waals surface area (Å²) in [5, 5.41) is 39.2. The molecule has 1 fully saturated rings. The molecule has 0 radical (unpaired) electrons. The number of aliphatic hydroxyl groups excluding tert-OH is 2. The number of nitrogens with one attached hydrogen (secondary N) is 1. The minimum atomic E-state index is -4.68. The van der Waals surface area contributed by atoms with Crippen molar-refractivity contribution >= 4 is 33.2 Å². The highest BCUT2D eigenvalue weighted by Crippen LogP contribution is 2.32. The Bertz CT molecular complexity index is 1690. The van der Waals surface area contributed by atoms with E-state index in [1.807, 2.05) is 13.8 Å². The van der Waals surface area contributed by atoms with Crippen molar-refractivity contribution in [2.45, 2.75) is 44.8 Å². The number of hydrogen-bond donors (Lipinski definition) is 5. The average molecular weight is 590 g/mol. The fourth-order valence-corrected chi connectivity index (χ4v) is 4.95. The fraction of sp³-hybridized carbons (Fsp3) is 0.391. The lowest BCUT2D eigenvalue weighted by atomic mass is 10.1. The van der Waals surface area contributed by atoms with Crippen LogP contribution < -0.4 is 10.5 Å². The highest BCUT2D eigenvalue weighted by atomic mass is 32.2. The largest absolute Gasteiger partial charge is 0.507 e. The summed E-state index contributed by atoms with van der Waals surface area (Å²) in [6.07, 6.45) is -2.12. The number of ether oxygens (including phenoxy) is 1. The zero-order chi connectivity index (χ0) is 29.5. The number of para-hydroxylation sites is 1. The van der Waals surface area contributed by atoms with Gasteiger partial charge in [-0.15, -0.1) is 5.10 Å². The highest BCUT2D eigenvalue weighted by Gasteiger charge is 2.45. The molecule has 1 aliphatic rings. The van der Waals surface area contributed by atoms with Crippen molar-refractivity contribution in [1.29, 1.82) is 0 Å². The first kappa shape index (κ1) is 28.3. The van der Waals surface area contributed by atoms with Crippen LogP contribution in [0.3, 0.4) is 0 Å². The summed E-state index contributed by atoms with van der Waals surface area (Å²) >= 11 is 0. The van der Waals surface area contributed by atoms with E-state index in [1.165, 1.54) is 39.8 Å². The number of hydrogen-bond acceptors (Lipinski definition) is 14. The predicted octanol–water partition coefficient (Wildman–Crippen LogP) is -0.796. The molecule has 0 saturated carbocycles. The van der Waals surface area contributed by atoms with Gasteiger partial charge in [0.1, 0.15) is 29.6 Å². The van der Waals surface area contributed by atoms with Gasteiger partial charge in [-0.2, -0.15) is 23.1 Å². The number of imidazole rings is 1. The van der Waals surface area contributed by atoms with Crippen LogP contribution >= 0.6 is 0 Å². The van der Waals surface area contributed by atoms with Crippen molar-refractivity contribution in [1.82, 2.24) is 39.2 Å². The molecule has 3 aromatic heterocycles. The number of anilines is 1. The molecular weight excluding hydrogens is 562 g/mol. The second kappa shape index (κ2) is 11.0. The first-order valence-corrected chi connectivity index (χ1v) is 13.8. The topological polar surface area (TPSA) is 243 Å². The second-order valence-electron chi connectivity index (χ2n) is 9.72. The van der Waals surface area contributed by atoms with Crippen LogP contribution in [0.1, 0.15) is 36.1 Å². The lowest BCUT2D eigenvalue weighted by molar-refractivity contribution is -0.0468. The number of nitrogens with zero attached hydrogens (tertiary/aromatic N) is 7. The van der Waals surface area contributed by atoms with E-state index in [0.717, 1.165) is 5.69 Å². The molecule has 18 heteroatoms. The van der Waals surface area contributed by atoms with E-state index < -0.39 is 53.1 Å². The summed E-state index contributed by atoms with van der Waals surface area (Å²) in [5.74, 6) is -1.11. The van der Waals surface area contributed by atoms with Gasteiger partial charge >= 0.3 is 10.3 Å². The summed E-state index contributed by atoms with van der Waals surface area (Å²) in [5.41, 5.74) is 6.86. The highest BCUT2D eigenvalue weighted by molar-refractivity contribution is 7.85. The molecule has 1 aliphatic heterocycles. The van der Waals surface area contributed by atoms with E-state index in [0.29, 0.717) is 12.3 Å². The monoisotopic (exact) mass is 589 g/mol. The molecule has 4 heterocycles. The van der Waals surface area contributed by atoms with Crippen LogP contribution in [0, 0.1) is 5.92 Å². The third kappa shape index (κ3) is 5.81. The molecule has 4 aromatic rings. The molecule has 0 unspecified atom stereocenters. The smallest absolute Gasteiger partial charge is 0.362 e. The van der Waals surface area contributed by atoms with Gasteiger partial charge in [0.2, 0.25) is 0 Å². The fourth-order valence-electron chi connectivity index (χ4n) is 4.24. The second-order valence-corrected chi connectivity index (χ2v) is 11.1. The molecule has 218 valence electrons. The Kier molecular flexibility index (Phi) is 7.58. The molecule has 1 amide bonds. The van der Waals surface area contributed by atoms with Crippen LogP contribution in [0.25, 0.3) is 17.1 Å². The number of carbonyl (C=O) groups is 1.